The Morgan fingerprint density at radius 1 is 1.30 bits per heavy atom. The first-order valence-corrected chi connectivity index (χ1v) is 7.71. The maximum atomic E-state index is 11.0. The molecular weight excluding hydrogens is 316 g/mol. The number of thiophene rings is 1. The largest absolute Gasteiger partial charge is 0.411 e. The van der Waals surface area contributed by atoms with Crippen molar-refractivity contribution in [2.75, 3.05) is 0 Å². The van der Waals surface area contributed by atoms with Crippen LogP contribution >= 0.6 is 34.7 Å². The molecule has 3 rings (SSSR count). The van der Waals surface area contributed by atoms with Gasteiger partial charge >= 0.3 is 6.09 Å². The molecule has 102 valence electrons. The average molecular weight is 325 g/mol. The van der Waals surface area contributed by atoms with Gasteiger partial charge in [0.1, 0.15) is 0 Å². The van der Waals surface area contributed by atoms with Crippen LogP contribution in [0.5, 0.6) is 5.88 Å². The molecule has 3 aromatic rings. The van der Waals surface area contributed by atoms with Gasteiger partial charge in [-0.3, -0.25) is 0 Å². The maximum Gasteiger partial charge on any atom is 0.411 e. The van der Waals surface area contributed by atoms with Crippen LogP contribution in [0.1, 0.15) is 0 Å². The number of nitrogens with two attached hydrogens (primary N) is 1. The number of H-pyrrole nitrogens is 1. The molecule has 0 aliphatic heterocycles. The number of hydrogen-bond acceptors (Lipinski definition) is 4. The van der Waals surface area contributed by atoms with E-state index in [0.29, 0.717) is 10.9 Å². The van der Waals surface area contributed by atoms with Crippen molar-refractivity contribution in [1.29, 1.82) is 0 Å². The first-order chi connectivity index (χ1) is 9.63. The van der Waals surface area contributed by atoms with Crippen molar-refractivity contribution in [3.8, 4) is 5.88 Å². The van der Waals surface area contributed by atoms with Gasteiger partial charge in [0.15, 0.2) is 0 Å². The second-order valence-electron chi connectivity index (χ2n) is 3.92. The highest BCUT2D eigenvalue weighted by atomic mass is 35.5. The van der Waals surface area contributed by atoms with Crippen molar-refractivity contribution >= 4 is 51.0 Å². The highest BCUT2D eigenvalue weighted by molar-refractivity contribution is 7.99. The molecule has 0 aliphatic carbocycles. The number of aromatic nitrogens is 1. The first-order valence-electron chi connectivity index (χ1n) is 5.63. The molecular formula is C13H9ClN2O2S2. The molecule has 0 unspecified atom stereocenters. The molecule has 0 saturated carbocycles. The van der Waals surface area contributed by atoms with Gasteiger partial charge in [0.25, 0.3) is 0 Å². The minimum Gasteiger partial charge on any atom is -0.392 e. The number of carbonyl (C=O) groups is 1. The highest BCUT2D eigenvalue weighted by Crippen LogP contribution is 2.43. The molecule has 0 radical (unpaired) electrons. The number of rotatable bonds is 3. The fraction of sp³-hybridized carbons (Fsp3) is 0. The average Bonchev–Trinajstić information content (AvgIpc) is 2.95. The molecule has 1 aromatic carbocycles. The molecule has 3 N–H and O–H groups in total. The van der Waals surface area contributed by atoms with Crippen molar-refractivity contribution in [1.82, 2.24) is 4.98 Å². The number of hydrogen-bond donors (Lipinski definition) is 2. The summed E-state index contributed by atoms with van der Waals surface area (Å²) >= 11 is 8.94. The molecule has 0 fully saturated rings. The number of aromatic amines is 1. The van der Waals surface area contributed by atoms with Gasteiger partial charge in [-0.15, -0.1) is 11.3 Å². The summed E-state index contributed by atoms with van der Waals surface area (Å²) in [6, 6.07) is 9.38. The second kappa shape index (κ2) is 5.40. The zero-order valence-electron chi connectivity index (χ0n) is 10.1. The van der Waals surface area contributed by atoms with E-state index in [2.05, 4.69) is 4.98 Å². The maximum absolute atomic E-state index is 11.0. The molecule has 0 atom stereocenters. The topological polar surface area (TPSA) is 68.1 Å². The Hall–Kier alpha value is -1.63. The van der Waals surface area contributed by atoms with Crippen LogP contribution in [0.3, 0.4) is 0 Å². The number of ether oxygens (including phenoxy) is 1. The van der Waals surface area contributed by atoms with Crippen LogP contribution in [0, 0.1) is 0 Å². The van der Waals surface area contributed by atoms with Crippen molar-refractivity contribution < 1.29 is 9.53 Å². The Morgan fingerprint density at radius 3 is 2.75 bits per heavy atom. The minimum absolute atomic E-state index is 0.374. The summed E-state index contributed by atoms with van der Waals surface area (Å²) in [4.78, 5) is 15.9. The van der Waals surface area contributed by atoms with E-state index < -0.39 is 6.09 Å². The van der Waals surface area contributed by atoms with Crippen LogP contribution in [0.15, 0.2) is 45.5 Å². The summed E-state index contributed by atoms with van der Waals surface area (Å²) in [6.45, 7) is 0. The molecule has 1 amide bonds. The minimum atomic E-state index is -0.836. The molecule has 7 heteroatoms. The van der Waals surface area contributed by atoms with Gasteiger partial charge in [0.05, 0.1) is 15.1 Å². The number of primary amides is 1. The van der Waals surface area contributed by atoms with E-state index in [1.54, 1.807) is 11.3 Å². The lowest BCUT2D eigenvalue weighted by Crippen LogP contribution is -2.16. The third-order valence-corrected chi connectivity index (χ3v) is 4.98. The number of fused-ring (bicyclic) bond motifs is 1. The quantitative estimate of drug-likeness (QED) is 0.745. The molecule has 4 nitrogen and oxygen atoms in total. The van der Waals surface area contributed by atoms with E-state index >= 15 is 0 Å². The second-order valence-corrected chi connectivity index (χ2v) is 6.36. The van der Waals surface area contributed by atoms with Gasteiger partial charge in [-0.1, -0.05) is 23.4 Å². The lowest BCUT2D eigenvalue weighted by atomic mass is 10.4. The van der Waals surface area contributed by atoms with E-state index in [0.717, 1.165) is 20.0 Å². The van der Waals surface area contributed by atoms with Gasteiger partial charge in [-0.2, -0.15) is 0 Å². The van der Waals surface area contributed by atoms with Crippen LogP contribution in [0.25, 0.3) is 10.2 Å². The molecule has 20 heavy (non-hydrogen) atoms. The molecule has 0 aliphatic rings. The van der Waals surface area contributed by atoms with E-state index in [4.69, 9.17) is 22.1 Å². The number of amides is 1. The SMILES string of the molecule is NC(=O)Oc1[nH]c2ccsc2c1Sc1ccc(Cl)cc1. The first kappa shape index (κ1) is 13.4. The third kappa shape index (κ3) is 2.63. The highest BCUT2D eigenvalue weighted by Gasteiger charge is 2.17. The van der Waals surface area contributed by atoms with E-state index in [-0.39, 0.29) is 0 Å². The van der Waals surface area contributed by atoms with Gasteiger partial charge in [0, 0.05) is 9.92 Å². The smallest absolute Gasteiger partial charge is 0.392 e. The predicted octanol–water partition coefficient (Wildman–Crippen LogP) is 4.49. The van der Waals surface area contributed by atoms with Gasteiger partial charge < -0.3 is 15.5 Å². The summed E-state index contributed by atoms with van der Waals surface area (Å²) in [6.07, 6.45) is -0.836. The number of nitrogens with one attached hydrogen (secondary N) is 1. The molecule has 2 heterocycles. The summed E-state index contributed by atoms with van der Waals surface area (Å²) in [5.74, 6) is 0.374. The lowest BCUT2D eigenvalue weighted by molar-refractivity contribution is 0.208. The zero-order valence-corrected chi connectivity index (χ0v) is 12.4. The number of halogens is 1. The fourth-order valence-corrected chi connectivity index (χ4v) is 3.83. The van der Waals surface area contributed by atoms with Crippen molar-refractivity contribution in [3.05, 3.63) is 40.7 Å². The molecule has 0 spiro atoms. The Morgan fingerprint density at radius 2 is 2.05 bits per heavy atom. The standard InChI is InChI=1S/C13H9ClN2O2S2/c14-7-1-3-8(4-2-7)20-11-10-9(5-6-19-10)16-12(11)18-13(15)17/h1-6,16H,(H2,15,17). The van der Waals surface area contributed by atoms with Gasteiger partial charge in [0.2, 0.25) is 5.88 Å². The third-order valence-electron chi connectivity index (χ3n) is 2.56. The van der Waals surface area contributed by atoms with Crippen LogP contribution in [-0.4, -0.2) is 11.1 Å². The lowest BCUT2D eigenvalue weighted by Gasteiger charge is -2.03. The van der Waals surface area contributed by atoms with E-state index in [1.165, 1.54) is 11.8 Å². The van der Waals surface area contributed by atoms with Gasteiger partial charge in [-0.25, -0.2) is 4.79 Å². The van der Waals surface area contributed by atoms with E-state index in [1.807, 2.05) is 35.7 Å². The Bertz CT molecular complexity index is 764. The number of benzene rings is 1. The van der Waals surface area contributed by atoms with Crippen LogP contribution in [0.2, 0.25) is 5.02 Å². The Kier molecular flexibility index (Phi) is 3.60. The molecule has 2 aromatic heterocycles. The fourth-order valence-electron chi connectivity index (χ4n) is 1.75. The van der Waals surface area contributed by atoms with Crippen molar-refractivity contribution in [2.45, 2.75) is 9.79 Å². The van der Waals surface area contributed by atoms with Gasteiger partial charge in [-0.05, 0) is 35.7 Å². The summed E-state index contributed by atoms with van der Waals surface area (Å²) < 4.78 is 6.06. The van der Waals surface area contributed by atoms with Crippen molar-refractivity contribution in [3.63, 3.8) is 0 Å². The summed E-state index contributed by atoms with van der Waals surface area (Å²) in [5.41, 5.74) is 6.01. The van der Waals surface area contributed by atoms with Crippen LogP contribution in [0.4, 0.5) is 4.79 Å². The summed E-state index contributed by atoms with van der Waals surface area (Å²) in [5, 5.41) is 2.65. The molecule has 0 bridgehead atoms. The Balaban J connectivity index is 2.01. The number of carbonyl (C=O) groups excluding carboxylic acids is 1. The molecule has 0 saturated heterocycles. The van der Waals surface area contributed by atoms with Crippen LogP contribution in [-0.2, 0) is 0 Å². The van der Waals surface area contributed by atoms with E-state index in [9.17, 15) is 4.79 Å². The Labute approximate surface area is 127 Å². The van der Waals surface area contributed by atoms with Crippen molar-refractivity contribution in [2.24, 2.45) is 5.73 Å². The predicted molar refractivity (Wildman–Crippen MR) is 82.0 cm³/mol. The van der Waals surface area contributed by atoms with Crippen LogP contribution < -0.4 is 10.5 Å². The summed E-state index contributed by atoms with van der Waals surface area (Å²) in [7, 11) is 0. The zero-order chi connectivity index (χ0) is 14.1. The monoisotopic (exact) mass is 324 g/mol. The normalized spacial score (nSPS) is 10.8.